The number of rotatable bonds is 4. The Morgan fingerprint density at radius 2 is 2.24 bits per heavy atom. The number of aryl methyl sites for hydroxylation is 1. The Morgan fingerprint density at radius 3 is 2.88 bits per heavy atom. The fraction of sp³-hybridized carbons (Fsp3) is 0.615. The number of nitrogens with zero attached hydrogens (tertiary/aromatic N) is 3. The van der Waals surface area contributed by atoms with E-state index in [9.17, 15) is 4.79 Å². The van der Waals surface area contributed by atoms with Crippen molar-refractivity contribution in [2.24, 2.45) is 0 Å². The standard InChI is InChI=1S/C13H19N3O/c1-3-4-12-5-6-13(17)16(12)9-11-8-14-10(2)7-15-11/h7-8,12H,3-6,9H2,1-2H3. The summed E-state index contributed by atoms with van der Waals surface area (Å²) in [6, 6.07) is 0.399. The van der Waals surface area contributed by atoms with Gasteiger partial charge >= 0.3 is 0 Å². The number of amides is 1. The lowest BCUT2D eigenvalue weighted by Crippen LogP contribution is -2.32. The fourth-order valence-corrected chi connectivity index (χ4v) is 2.32. The zero-order chi connectivity index (χ0) is 12.3. The van der Waals surface area contributed by atoms with Gasteiger partial charge in [0, 0.05) is 18.7 Å². The molecule has 2 heterocycles. The third-order valence-electron chi connectivity index (χ3n) is 3.24. The van der Waals surface area contributed by atoms with Crippen LogP contribution in [0.5, 0.6) is 0 Å². The van der Waals surface area contributed by atoms with Crippen LogP contribution in [0.4, 0.5) is 0 Å². The van der Waals surface area contributed by atoms with Crippen LogP contribution < -0.4 is 0 Å². The third kappa shape index (κ3) is 2.81. The zero-order valence-electron chi connectivity index (χ0n) is 10.5. The van der Waals surface area contributed by atoms with E-state index < -0.39 is 0 Å². The van der Waals surface area contributed by atoms with Gasteiger partial charge in [-0.15, -0.1) is 0 Å². The van der Waals surface area contributed by atoms with Gasteiger partial charge in [0.25, 0.3) is 0 Å². The van der Waals surface area contributed by atoms with Gasteiger partial charge in [0.05, 0.1) is 24.1 Å². The summed E-state index contributed by atoms with van der Waals surface area (Å²) in [7, 11) is 0. The Morgan fingerprint density at radius 1 is 1.41 bits per heavy atom. The van der Waals surface area contributed by atoms with E-state index in [2.05, 4.69) is 16.9 Å². The average molecular weight is 233 g/mol. The largest absolute Gasteiger partial charge is 0.334 e. The molecule has 1 aliphatic rings. The monoisotopic (exact) mass is 233 g/mol. The van der Waals surface area contributed by atoms with Crippen LogP contribution >= 0.6 is 0 Å². The molecule has 0 aromatic carbocycles. The third-order valence-corrected chi connectivity index (χ3v) is 3.24. The van der Waals surface area contributed by atoms with Gasteiger partial charge in [0.15, 0.2) is 0 Å². The topological polar surface area (TPSA) is 46.1 Å². The molecule has 4 nitrogen and oxygen atoms in total. The van der Waals surface area contributed by atoms with Gasteiger partial charge in [-0.2, -0.15) is 0 Å². The maximum absolute atomic E-state index is 11.8. The van der Waals surface area contributed by atoms with Gasteiger partial charge in [-0.3, -0.25) is 14.8 Å². The molecule has 4 heteroatoms. The molecule has 1 amide bonds. The maximum atomic E-state index is 11.8. The minimum absolute atomic E-state index is 0.255. The first kappa shape index (κ1) is 12.0. The van der Waals surface area contributed by atoms with Crippen LogP contribution in [0.1, 0.15) is 44.0 Å². The highest BCUT2D eigenvalue weighted by Gasteiger charge is 2.30. The van der Waals surface area contributed by atoms with Crippen molar-refractivity contribution >= 4 is 5.91 Å². The van der Waals surface area contributed by atoms with Crippen molar-refractivity contribution < 1.29 is 4.79 Å². The molecule has 92 valence electrons. The molecule has 1 atom stereocenters. The van der Waals surface area contributed by atoms with E-state index in [4.69, 9.17) is 0 Å². The predicted octanol–water partition coefficient (Wildman–Crippen LogP) is 2.08. The number of likely N-dealkylation sites (tertiary alicyclic amines) is 1. The van der Waals surface area contributed by atoms with Crippen molar-refractivity contribution in [2.45, 2.75) is 52.1 Å². The summed E-state index contributed by atoms with van der Waals surface area (Å²) in [5.41, 5.74) is 1.79. The molecule has 0 N–H and O–H groups in total. The van der Waals surface area contributed by atoms with Crippen LogP contribution in [0.15, 0.2) is 12.4 Å². The van der Waals surface area contributed by atoms with Crippen LogP contribution in [-0.2, 0) is 11.3 Å². The summed E-state index contributed by atoms with van der Waals surface area (Å²) in [6.45, 7) is 4.68. The highest BCUT2D eigenvalue weighted by atomic mass is 16.2. The quantitative estimate of drug-likeness (QED) is 0.799. The normalized spacial score (nSPS) is 20.0. The van der Waals surface area contributed by atoms with Crippen LogP contribution in [0.2, 0.25) is 0 Å². The van der Waals surface area contributed by atoms with Crippen molar-refractivity contribution in [3.8, 4) is 0 Å². The second kappa shape index (κ2) is 5.25. The van der Waals surface area contributed by atoms with Gasteiger partial charge in [-0.1, -0.05) is 13.3 Å². The molecular formula is C13H19N3O. The molecule has 0 saturated carbocycles. The molecule has 0 bridgehead atoms. The second-order valence-corrected chi connectivity index (χ2v) is 4.65. The molecule has 1 aromatic rings. The van der Waals surface area contributed by atoms with Crippen LogP contribution in [0, 0.1) is 6.92 Å². The lowest BCUT2D eigenvalue weighted by molar-refractivity contribution is -0.129. The van der Waals surface area contributed by atoms with E-state index >= 15 is 0 Å². The first-order valence-corrected chi connectivity index (χ1v) is 6.27. The van der Waals surface area contributed by atoms with Gasteiger partial charge < -0.3 is 4.90 Å². The molecule has 1 saturated heterocycles. The smallest absolute Gasteiger partial charge is 0.223 e. The Kier molecular flexibility index (Phi) is 3.71. The van der Waals surface area contributed by atoms with Crippen molar-refractivity contribution in [2.75, 3.05) is 0 Å². The van der Waals surface area contributed by atoms with Crippen molar-refractivity contribution in [3.63, 3.8) is 0 Å². The Balaban J connectivity index is 2.05. The molecule has 0 spiro atoms. The van der Waals surface area contributed by atoms with Gasteiger partial charge in [0.1, 0.15) is 0 Å². The van der Waals surface area contributed by atoms with E-state index in [1.165, 1.54) is 0 Å². The van der Waals surface area contributed by atoms with Crippen LogP contribution in [0.25, 0.3) is 0 Å². The summed E-state index contributed by atoms with van der Waals surface area (Å²) in [5.74, 6) is 0.255. The summed E-state index contributed by atoms with van der Waals surface area (Å²) in [6.07, 6.45) is 7.41. The van der Waals surface area contributed by atoms with Gasteiger partial charge in [-0.05, 0) is 19.8 Å². The van der Waals surface area contributed by atoms with E-state index in [0.717, 1.165) is 30.7 Å². The predicted molar refractivity (Wildman–Crippen MR) is 65.2 cm³/mol. The molecular weight excluding hydrogens is 214 g/mol. The van der Waals surface area contributed by atoms with Crippen molar-refractivity contribution in [1.82, 2.24) is 14.9 Å². The summed E-state index contributed by atoms with van der Waals surface area (Å²) in [4.78, 5) is 22.3. The summed E-state index contributed by atoms with van der Waals surface area (Å²) in [5, 5.41) is 0. The Labute approximate surface area is 102 Å². The van der Waals surface area contributed by atoms with Gasteiger partial charge in [-0.25, -0.2) is 0 Å². The number of hydrogen-bond donors (Lipinski definition) is 0. The van der Waals surface area contributed by atoms with Crippen molar-refractivity contribution in [3.05, 3.63) is 23.8 Å². The van der Waals surface area contributed by atoms with E-state index in [0.29, 0.717) is 19.0 Å². The van der Waals surface area contributed by atoms with Crippen molar-refractivity contribution in [1.29, 1.82) is 0 Å². The van der Waals surface area contributed by atoms with Crippen LogP contribution in [-0.4, -0.2) is 26.8 Å². The minimum atomic E-state index is 0.255. The molecule has 1 aromatic heterocycles. The number of carbonyl (C=O) groups is 1. The SMILES string of the molecule is CCCC1CCC(=O)N1Cc1cnc(C)cn1. The zero-order valence-corrected chi connectivity index (χ0v) is 10.5. The molecule has 2 rings (SSSR count). The first-order chi connectivity index (χ1) is 8.20. The fourth-order valence-electron chi connectivity index (χ4n) is 2.32. The molecule has 1 aliphatic heterocycles. The number of hydrogen-bond acceptors (Lipinski definition) is 3. The Hall–Kier alpha value is -1.45. The first-order valence-electron chi connectivity index (χ1n) is 6.27. The Bertz CT molecular complexity index is 388. The molecule has 1 unspecified atom stereocenters. The summed E-state index contributed by atoms with van der Waals surface area (Å²) < 4.78 is 0. The number of carbonyl (C=O) groups excluding carboxylic acids is 1. The van der Waals surface area contributed by atoms with E-state index in [1.807, 2.05) is 11.8 Å². The molecule has 1 fully saturated rings. The maximum Gasteiger partial charge on any atom is 0.223 e. The average Bonchev–Trinajstić information content (AvgIpc) is 2.65. The van der Waals surface area contributed by atoms with Crippen LogP contribution in [0.3, 0.4) is 0 Å². The highest BCUT2D eigenvalue weighted by molar-refractivity contribution is 5.78. The summed E-state index contributed by atoms with van der Waals surface area (Å²) >= 11 is 0. The van der Waals surface area contributed by atoms with E-state index in [1.54, 1.807) is 12.4 Å². The second-order valence-electron chi connectivity index (χ2n) is 4.65. The van der Waals surface area contributed by atoms with Gasteiger partial charge in [0.2, 0.25) is 5.91 Å². The molecule has 0 radical (unpaired) electrons. The highest BCUT2D eigenvalue weighted by Crippen LogP contribution is 2.24. The molecule has 17 heavy (non-hydrogen) atoms. The lowest BCUT2D eigenvalue weighted by atomic mass is 10.1. The minimum Gasteiger partial charge on any atom is -0.334 e. The van der Waals surface area contributed by atoms with E-state index in [-0.39, 0.29) is 5.91 Å². The lowest BCUT2D eigenvalue weighted by Gasteiger charge is -2.24. The molecule has 0 aliphatic carbocycles. The number of aromatic nitrogens is 2.